The molecule has 0 aliphatic rings. The Bertz CT molecular complexity index is 1490. The van der Waals surface area contributed by atoms with Gasteiger partial charge in [0.25, 0.3) is 5.91 Å². The highest BCUT2D eigenvalue weighted by atomic mass is 32.1. The molecule has 0 fully saturated rings. The molecule has 0 unspecified atom stereocenters. The predicted octanol–water partition coefficient (Wildman–Crippen LogP) is 6.32. The van der Waals surface area contributed by atoms with Crippen LogP contribution in [0.5, 0.6) is 0 Å². The van der Waals surface area contributed by atoms with Crippen molar-refractivity contribution in [3.8, 4) is 22.5 Å². The van der Waals surface area contributed by atoms with Crippen LogP contribution in [0.15, 0.2) is 60.2 Å². The summed E-state index contributed by atoms with van der Waals surface area (Å²) in [5.74, 6) is -0.452. The van der Waals surface area contributed by atoms with Crippen molar-refractivity contribution in [3.63, 3.8) is 0 Å². The predicted molar refractivity (Wildman–Crippen MR) is 143 cm³/mol. The summed E-state index contributed by atoms with van der Waals surface area (Å²) < 4.78 is 9.48. The third kappa shape index (κ3) is 4.20. The van der Waals surface area contributed by atoms with Gasteiger partial charge in [-0.2, -0.15) is 0 Å². The van der Waals surface area contributed by atoms with Crippen LogP contribution in [0.4, 0.5) is 0 Å². The molecule has 0 saturated heterocycles. The van der Waals surface area contributed by atoms with E-state index in [2.05, 4.69) is 51.7 Å². The molecule has 0 saturated carbocycles. The molecular weight excluding hydrogens is 460 g/mol. The van der Waals surface area contributed by atoms with Crippen LogP contribution in [0.2, 0.25) is 25.7 Å². The van der Waals surface area contributed by atoms with Gasteiger partial charge in [0.1, 0.15) is 12.4 Å². The summed E-state index contributed by atoms with van der Waals surface area (Å²) in [5, 5.41) is 4.19. The second-order valence-electron chi connectivity index (χ2n) is 9.68. The molecule has 1 aromatic carbocycles. The van der Waals surface area contributed by atoms with Crippen molar-refractivity contribution < 1.29 is 9.53 Å². The van der Waals surface area contributed by atoms with Crippen molar-refractivity contribution >= 4 is 46.4 Å². The molecule has 0 aliphatic heterocycles. The van der Waals surface area contributed by atoms with E-state index in [1.165, 1.54) is 4.70 Å². The van der Waals surface area contributed by atoms with E-state index in [0.29, 0.717) is 18.9 Å². The number of ether oxygens (including phenoxy) is 1. The lowest BCUT2D eigenvalue weighted by Crippen LogP contribution is -2.22. The van der Waals surface area contributed by atoms with Gasteiger partial charge in [-0.25, -0.2) is 4.98 Å². The summed E-state index contributed by atoms with van der Waals surface area (Å²) in [5.41, 5.74) is 10.9. The number of nitrogens with two attached hydrogens (primary N) is 1. The van der Waals surface area contributed by atoms with E-state index in [9.17, 15) is 4.79 Å². The van der Waals surface area contributed by atoms with E-state index in [1.54, 1.807) is 17.5 Å². The number of aromatic amines is 1. The average molecular weight is 489 g/mol. The lowest BCUT2D eigenvalue weighted by Gasteiger charge is -2.18. The molecule has 3 N–H and O–H groups in total. The number of thiophene rings is 1. The number of H-pyrrole nitrogens is 1. The summed E-state index contributed by atoms with van der Waals surface area (Å²) in [6.45, 7) is 8.03. The van der Waals surface area contributed by atoms with Gasteiger partial charge in [-0.05, 0) is 30.3 Å². The summed E-state index contributed by atoms with van der Waals surface area (Å²) in [6.07, 6.45) is 3.66. The zero-order valence-corrected chi connectivity index (χ0v) is 21.4. The van der Waals surface area contributed by atoms with Crippen LogP contribution >= 0.6 is 11.3 Å². The number of hydrogen-bond acceptors (Lipinski definition) is 4. The number of carbonyl (C=O) groups excluding carboxylic acids is 1. The summed E-state index contributed by atoms with van der Waals surface area (Å²) in [7, 11) is -1.23. The Morgan fingerprint density at radius 2 is 1.97 bits per heavy atom. The Hall–Kier alpha value is -3.20. The normalized spacial score (nSPS) is 12.1. The molecule has 0 radical (unpaired) electrons. The highest BCUT2D eigenvalue weighted by Gasteiger charge is 2.24. The fourth-order valence-electron chi connectivity index (χ4n) is 4.26. The molecule has 1 amide bonds. The van der Waals surface area contributed by atoms with Gasteiger partial charge in [0, 0.05) is 59.1 Å². The van der Waals surface area contributed by atoms with E-state index in [0.717, 1.165) is 45.0 Å². The minimum atomic E-state index is -1.23. The highest BCUT2D eigenvalue weighted by molar-refractivity contribution is 7.17. The first-order valence-electron chi connectivity index (χ1n) is 11.3. The molecule has 0 bridgehead atoms. The van der Waals surface area contributed by atoms with Gasteiger partial charge in [-0.15, -0.1) is 11.3 Å². The molecule has 4 aromatic heterocycles. The Labute approximate surface area is 203 Å². The van der Waals surface area contributed by atoms with E-state index in [-0.39, 0.29) is 0 Å². The van der Waals surface area contributed by atoms with Gasteiger partial charge in [0.2, 0.25) is 0 Å². The maximum absolute atomic E-state index is 12.7. The van der Waals surface area contributed by atoms with Crippen LogP contribution in [0.3, 0.4) is 0 Å². The van der Waals surface area contributed by atoms with Crippen LogP contribution in [0.1, 0.15) is 10.4 Å². The zero-order valence-electron chi connectivity index (χ0n) is 19.6. The number of benzene rings is 1. The smallest absolute Gasteiger partial charge is 0.250 e. The largest absolute Gasteiger partial charge is 0.366 e. The van der Waals surface area contributed by atoms with Gasteiger partial charge in [0.05, 0.1) is 17.0 Å². The standard InChI is InChI=1S/C26H28N4O2SSi/c1-34(2,3)13-12-32-16-30-22(17-8-10-28-26-19(17)9-11-29-26)14-20(25(27)31)24(30)21-15-33-23-7-5-4-6-18(21)23/h4-11,14-15H,12-13,16H2,1-3H3,(H2,27,31)(H,28,29). The number of nitrogens with one attached hydrogen (secondary N) is 1. The number of fused-ring (bicyclic) bond motifs is 2. The monoisotopic (exact) mass is 488 g/mol. The second kappa shape index (κ2) is 8.86. The second-order valence-corrected chi connectivity index (χ2v) is 16.2. The van der Waals surface area contributed by atoms with Crippen molar-refractivity contribution in [2.75, 3.05) is 6.61 Å². The number of rotatable bonds is 8. The van der Waals surface area contributed by atoms with Gasteiger partial charge in [-0.3, -0.25) is 4.79 Å². The number of pyridine rings is 1. The lowest BCUT2D eigenvalue weighted by molar-refractivity contribution is 0.0894. The first-order valence-corrected chi connectivity index (χ1v) is 15.9. The Morgan fingerprint density at radius 1 is 1.15 bits per heavy atom. The topological polar surface area (TPSA) is 85.9 Å². The molecule has 8 heteroatoms. The SMILES string of the molecule is C[Si](C)(C)CCOCn1c(-c2ccnc3[nH]ccc23)cc(C(N)=O)c1-c1csc2ccccc12. The lowest BCUT2D eigenvalue weighted by atomic mass is 10.1. The number of hydrogen-bond donors (Lipinski definition) is 2. The maximum Gasteiger partial charge on any atom is 0.250 e. The van der Waals surface area contributed by atoms with Crippen LogP contribution in [0.25, 0.3) is 43.6 Å². The number of amides is 1. The van der Waals surface area contributed by atoms with Crippen LogP contribution in [0, 0.1) is 0 Å². The van der Waals surface area contributed by atoms with Gasteiger partial charge < -0.3 is 20.0 Å². The van der Waals surface area contributed by atoms with Crippen molar-refractivity contribution in [1.29, 1.82) is 0 Å². The van der Waals surface area contributed by atoms with Crippen LogP contribution in [-0.4, -0.2) is 35.1 Å². The highest BCUT2D eigenvalue weighted by Crippen LogP contribution is 2.40. The molecular formula is C26H28N4O2SSi. The minimum Gasteiger partial charge on any atom is -0.366 e. The number of aromatic nitrogens is 3. The van der Waals surface area contributed by atoms with E-state index >= 15 is 0 Å². The summed E-state index contributed by atoms with van der Waals surface area (Å²) >= 11 is 1.66. The number of primary amides is 1. The first-order chi connectivity index (χ1) is 16.3. The maximum atomic E-state index is 12.7. The Morgan fingerprint density at radius 3 is 2.76 bits per heavy atom. The molecule has 5 rings (SSSR count). The molecule has 0 spiro atoms. The van der Waals surface area contributed by atoms with Crippen molar-refractivity contribution in [2.24, 2.45) is 5.73 Å². The molecule has 0 aliphatic carbocycles. The first kappa shape index (κ1) is 22.6. The van der Waals surface area contributed by atoms with Gasteiger partial charge in [-0.1, -0.05) is 37.8 Å². The van der Waals surface area contributed by atoms with Crippen LogP contribution < -0.4 is 5.73 Å². The molecule has 5 aromatic rings. The van der Waals surface area contributed by atoms with Crippen molar-refractivity contribution in [1.82, 2.24) is 14.5 Å². The molecule has 34 heavy (non-hydrogen) atoms. The summed E-state index contributed by atoms with van der Waals surface area (Å²) in [4.78, 5) is 20.3. The van der Waals surface area contributed by atoms with Gasteiger partial charge >= 0.3 is 0 Å². The van der Waals surface area contributed by atoms with Crippen LogP contribution in [-0.2, 0) is 11.5 Å². The number of carbonyl (C=O) groups is 1. The zero-order chi connectivity index (χ0) is 23.9. The van der Waals surface area contributed by atoms with E-state index < -0.39 is 14.0 Å². The summed E-state index contributed by atoms with van der Waals surface area (Å²) in [6, 6.07) is 15.2. The molecule has 4 heterocycles. The molecule has 0 atom stereocenters. The third-order valence-corrected chi connectivity index (χ3v) is 8.72. The Balaban J connectivity index is 1.71. The third-order valence-electron chi connectivity index (χ3n) is 6.05. The van der Waals surface area contributed by atoms with Crippen molar-refractivity contribution in [3.05, 3.63) is 65.8 Å². The van der Waals surface area contributed by atoms with Crippen molar-refractivity contribution in [2.45, 2.75) is 32.4 Å². The Kier molecular flexibility index (Phi) is 5.89. The minimum absolute atomic E-state index is 0.334. The molecule has 6 nitrogen and oxygen atoms in total. The molecule has 174 valence electrons. The fourth-order valence-corrected chi connectivity index (χ4v) is 5.97. The van der Waals surface area contributed by atoms with E-state index in [1.807, 2.05) is 36.5 Å². The fraction of sp³-hybridized carbons (Fsp3) is 0.231. The average Bonchev–Trinajstić information content (AvgIpc) is 3.52. The quantitative estimate of drug-likeness (QED) is 0.198. The number of nitrogens with zero attached hydrogens (tertiary/aromatic N) is 2. The van der Waals surface area contributed by atoms with Gasteiger partial charge in [0.15, 0.2) is 0 Å². The van der Waals surface area contributed by atoms with E-state index in [4.69, 9.17) is 10.5 Å².